The molecule has 37 heavy (non-hydrogen) atoms. The molecule has 2 aromatic carbocycles. The van der Waals surface area contributed by atoms with Crippen LogP contribution in [0.4, 0.5) is 10.1 Å². The summed E-state index contributed by atoms with van der Waals surface area (Å²) in [7, 11) is 3.38. The molecule has 0 aliphatic carbocycles. The van der Waals surface area contributed by atoms with E-state index < -0.39 is 23.7 Å². The fourth-order valence-electron chi connectivity index (χ4n) is 5.48. The van der Waals surface area contributed by atoms with E-state index in [1.807, 2.05) is 42.5 Å². The largest absolute Gasteiger partial charge is 0.466 e. The molecule has 0 spiro atoms. The lowest BCUT2D eigenvalue weighted by atomic mass is 9.78. The van der Waals surface area contributed by atoms with Gasteiger partial charge in [-0.3, -0.25) is 4.79 Å². The van der Waals surface area contributed by atoms with Gasteiger partial charge in [0.2, 0.25) is 0 Å². The van der Waals surface area contributed by atoms with Crippen LogP contribution in [-0.4, -0.2) is 67.8 Å². The van der Waals surface area contributed by atoms with Gasteiger partial charge in [-0.15, -0.1) is 0 Å². The Morgan fingerprint density at radius 2 is 1.84 bits per heavy atom. The lowest BCUT2D eigenvalue weighted by molar-refractivity contribution is -0.138. The zero-order valence-electron chi connectivity index (χ0n) is 21.1. The normalized spacial score (nSPS) is 24.2. The average molecular weight is 506 g/mol. The number of nitrogens with zero attached hydrogens (tertiary/aromatic N) is 1. The molecule has 2 aromatic rings. The summed E-state index contributed by atoms with van der Waals surface area (Å²) in [5, 5.41) is 6.58. The number of esters is 1. The van der Waals surface area contributed by atoms with Gasteiger partial charge >= 0.3 is 5.97 Å². The molecule has 1 saturated heterocycles. The quantitative estimate of drug-likeness (QED) is 0.424. The van der Waals surface area contributed by atoms with Gasteiger partial charge in [-0.1, -0.05) is 36.4 Å². The lowest BCUT2D eigenvalue weighted by Crippen LogP contribution is -2.50. The van der Waals surface area contributed by atoms with Crippen molar-refractivity contribution in [3.8, 4) is 0 Å². The Morgan fingerprint density at radius 3 is 2.51 bits per heavy atom. The molecule has 3 atom stereocenters. The second-order valence-electron chi connectivity index (χ2n) is 9.92. The summed E-state index contributed by atoms with van der Waals surface area (Å²) in [5.74, 6) is -1.24. The number of anilines is 1. The highest BCUT2D eigenvalue weighted by molar-refractivity contribution is 6.07. The third-order valence-corrected chi connectivity index (χ3v) is 7.46. The van der Waals surface area contributed by atoms with E-state index in [1.54, 1.807) is 12.1 Å². The molecule has 2 bridgehead atoms. The molecule has 194 valence electrons. The van der Waals surface area contributed by atoms with Gasteiger partial charge in [-0.2, -0.15) is 0 Å². The summed E-state index contributed by atoms with van der Waals surface area (Å²) in [6, 6.07) is 15.4. The highest BCUT2D eigenvalue weighted by Crippen LogP contribution is 2.47. The maximum atomic E-state index is 13.6. The van der Waals surface area contributed by atoms with Crippen LogP contribution in [0.1, 0.15) is 18.4 Å². The predicted molar refractivity (Wildman–Crippen MR) is 138 cm³/mol. The molecule has 1 amide bonds. The molecule has 0 aromatic heterocycles. The summed E-state index contributed by atoms with van der Waals surface area (Å²) in [6.07, 6.45) is 5.20. The highest BCUT2D eigenvalue weighted by atomic mass is 19.1. The number of piperidine rings is 1. The minimum Gasteiger partial charge on any atom is -0.466 e. The molecule has 7 nitrogen and oxygen atoms in total. The van der Waals surface area contributed by atoms with Gasteiger partial charge in [0.1, 0.15) is 17.5 Å². The summed E-state index contributed by atoms with van der Waals surface area (Å²) in [6.45, 7) is 1.80. The van der Waals surface area contributed by atoms with Crippen LogP contribution in [0.25, 0.3) is 0 Å². The van der Waals surface area contributed by atoms with Crippen molar-refractivity contribution in [2.45, 2.75) is 43.1 Å². The van der Waals surface area contributed by atoms with E-state index >= 15 is 0 Å². The van der Waals surface area contributed by atoms with E-state index in [-0.39, 0.29) is 23.3 Å². The monoisotopic (exact) mass is 505 g/mol. The Labute approximate surface area is 216 Å². The first-order valence-electron chi connectivity index (χ1n) is 12.6. The van der Waals surface area contributed by atoms with Crippen molar-refractivity contribution in [1.82, 2.24) is 10.2 Å². The third kappa shape index (κ3) is 5.04. The lowest BCUT2D eigenvalue weighted by Gasteiger charge is -2.36. The molecular weight excluding hydrogens is 473 g/mol. The van der Waals surface area contributed by atoms with Crippen molar-refractivity contribution >= 4 is 17.6 Å². The fourth-order valence-corrected chi connectivity index (χ4v) is 5.48. The molecule has 3 aliphatic heterocycles. The van der Waals surface area contributed by atoms with Gasteiger partial charge in [0.05, 0.1) is 24.3 Å². The van der Waals surface area contributed by atoms with Crippen LogP contribution in [0.2, 0.25) is 0 Å². The zero-order chi connectivity index (χ0) is 26.0. The number of carbonyl (C=O) groups is 2. The Bertz CT molecular complexity index is 1210. The molecular formula is C29H32FN3O4. The Balaban J connectivity index is 1.51. The number of rotatable bonds is 8. The van der Waals surface area contributed by atoms with Crippen LogP contribution < -0.4 is 10.6 Å². The van der Waals surface area contributed by atoms with Crippen LogP contribution >= 0.6 is 0 Å². The molecule has 0 saturated carbocycles. The Morgan fingerprint density at radius 1 is 1.14 bits per heavy atom. The maximum absolute atomic E-state index is 13.6. The first kappa shape index (κ1) is 25.2. The first-order valence-corrected chi connectivity index (χ1v) is 12.6. The molecule has 0 radical (unpaired) electrons. The van der Waals surface area contributed by atoms with E-state index in [4.69, 9.17) is 9.47 Å². The number of carbonyl (C=O) groups excluding carboxylic acids is 2. The molecule has 1 fully saturated rings. The van der Waals surface area contributed by atoms with Crippen LogP contribution in [0.3, 0.4) is 0 Å². The van der Waals surface area contributed by atoms with Crippen molar-refractivity contribution in [3.63, 3.8) is 0 Å². The van der Waals surface area contributed by atoms with Gasteiger partial charge in [0.15, 0.2) is 0 Å². The van der Waals surface area contributed by atoms with Crippen molar-refractivity contribution < 1.29 is 23.5 Å². The summed E-state index contributed by atoms with van der Waals surface area (Å²) >= 11 is 0. The number of nitrogens with one attached hydrogen (secondary N) is 2. The minimum absolute atomic E-state index is 0.0339. The topological polar surface area (TPSA) is 79.9 Å². The van der Waals surface area contributed by atoms with Crippen LogP contribution in [0, 0.1) is 5.82 Å². The van der Waals surface area contributed by atoms with Crippen molar-refractivity contribution in [1.29, 1.82) is 0 Å². The Hall–Kier alpha value is -3.49. The standard InChI is InChI=1S/C29H32FN3O4/c1-33-16-13-22(14-17-33)32-27(34)25-23-12-15-29(37-23,26(25)28(35)36-2)24(18-19-6-4-3-5-7-19)31-21-10-8-20(30)9-11-21/h3-12,15,22-24,31H,13-14,16-18H2,1-2H3,(H,32,34). The van der Waals surface area contributed by atoms with Gasteiger partial charge in [-0.25, -0.2) is 9.18 Å². The van der Waals surface area contributed by atoms with E-state index in [1.165, 1.54) is 19.2 Å². The van der Waals surface area contributed by atoms with Gasteiger partial charge in [-0.05, 0) is 75.3 Å². The minimum atomic E-state index is -1.23. The number of fused-ring (bicyclic) bond motifs is 2. The number of hydrogen-bond donors (Lipinski definition) is 2. The van der Waals surface area contributed by atoms with Gasteiger partial charge in [0.25, 0.3) is 5.91 Å². The number of hydrogen-bond acceptors (Lipinski definition) is 6. The highest BCUT2D eigenvalue weighted by Gasteiger charge is 2.58. The second kappa shape index (κ2) is 10.5. The fraction of sp³-hybridized carbons (Fsp3) is 0.379. The van der Waals surface area contributed by atoms with Crippen LogP contribution in [-0.2, 0) is 25.5 Å². The number of amides is 1. The molecule has 3 heterocycles. The van der Waals surface area contributed by atoms with E-state index in [0.29, 0.717) is 17.7 Å². The number of halogens is 1. The van der Waals surface area contributed by atoms with Crippen LogP contribution in [0.15, 0.2) is 77.9 Å². The van der Waals surface area contributed by atoms with E-state index in [9.17, 15) is 14.0 Å². The van der Waals surface area contributed by atoms with Crippen molar-refractivity contribution in [3.05, 3.63) is 89.3 Å². The average Bonchev–Trinajstić information content (AvgIpc) is 3.49. The second-order valence-corrected chi connectivity index (χ2v) is 9.92. The number of likely N-dealkylation sites (tertiary alicyclic amines) is 1. The Kier molecular flexibility index (Phi) is 7.13. The maximum Gasteiger partial charge on any atom is 0.337 e. The van der Waals surface area contributed by atoms with Crippen LogP contribution in [0.5, 0.6) is 0 Å². The number of benzene rings is 2. The number of ether oxygens (including phenoxy) is 2. The third-order valence-electron chi connectivity index (χ3n) is 7.46. The summed E-state index contributed by atoms with van der Waals surface area (Å²) in [4.78, 5) is 29.1. The van der Waals surface area contributed by atoms with Gasteiger partial charge in [0, 0.05) is 11.7 Å². The molecule has 3 unspecified atom stereocenters. The summed E-state index contributed by atoms with van der Waals surface area (Å²) < 4.78 is 25.3. The van der Waals surface area contributed by atoms with E-state index in [0.717, 1.165) is 31.5 Å². The van der Waals surface area contributed by atoms with Crippen molar-refractivity contribution in [2.75, 3.05) is 32.6 Å². The molecule has 8 heteroatoms. The zero-order valence-corrected chi connectivity index (χ0v) is 21.1. The molecule has 5 rings (SSSR count). The van der Waals surface area contributed by atoms with E-state index in [2.05, 4.69) is 22.6 Å². The van der Waals surface area contributed by atoms with Gasteiger partial charge < -0.3 is 25.0 Å². The predicted octanol–water partition coefficient (Wildman–Crippen LogP) is 3.24. The SMILES string of the molecule is COC(=O)C1=C(C(=O)NC2CCN(C)CC2)C2C=CC1(C(Cc1ccccc1)Nc1ccc(F)cc1)O2. The smallest absolute Gasteiger partial charge is 0.337 e. The van der Waals surface area contributed by atoms with Crippen molar-refractivity contribution in [2.24, 2.45) is 0 Å². The molecule has 3 aliphatic rings. The number of methoxy groups -OCH3 is 1. The summed E-state index contributed by atoms with van der Waals surface area (Å²) in [5.41, 5.74) is 0.966. The first-order chi connectivity index (χ1) is 17.9. The molecule has 2 N–H and O–H groups in total.